The van der Waals surface area contributed by atoms with Gasteiger partial charge in [-0.2, -0.15) is 12.6 Å². The van der Waals surface area contributed by atoms with Crippen LogP contribution in [0, 0.1) is 13.8 Å². The molecule has 2 atom stereocenters. The fourth-order valence-electron chi connectivity index (χ4n) is 3.70. The number of hydrogen-bond donors (Lipinski definition) is 4. The van der Waals surface area contributed by atoms with Crippen LogP contribution in [0.3, 0.4) is 0 Å². The molecule has 36 heavy (non-hydrogen) atoms. The minimum absolute atomic E-state index is 0.00202. The number of rotatable bonds is 8. The summed E-state index contributed by atoms with van der Waals surface area (Å²) < 4.78 is 5.31. The third-order valence-electron chi connectivity index (χ3n) is 5.45. The van der Waals surface area contributed by atoms with Crippen LogP contribution in [0.2, 0.25) is 0 Å². The molecule has 0 spiro atoms. The number of carbonyl (C=O) groups excluding carboxylic acids is 3. The number of nitrogens with one attached hydrogen (secondary N) is 2. The summed E-state index contributed by atoms with van der Waals surface area (Å²) in [4.78, 5) is 41.4. The Morgan fingerprint density at radius 3 is 2.22 bits per heavy atom. The molecule has 8 nitrogen and oxygen atoms in total. The second-order valence-electron chi connectivity index (χ2n) is 9.97. The smallest absolute Gasteiger partial charge is 0.408 e. The van der Waals surface area contributed by atoms with Crippen molar-refractivity contribution in [3.8, 4) is 5.75 Å². The number of phenolic OH excluding ortho intramolecular Hbond substituents is 1. The Labute approximate surface area is 218 Å². The molecule has 2 unspecified atom stereocenters. The first-order chi connectivity index (χ1) is 16.7. The minimum atomic E-state index is -1.04. The molecule has 2 aromatic rings. The van der Waals surface area contributed by atoms with Gasteiger partial charge in [-0.05, 0) is 83.4 Å². The highest BCUT2D eigenvalue weighted by Crippen LogP contribution is 2.30. The van der Waals surface area contributed by atoms with Gasteiger partial charge >= 0.3 is 6.09 Å². The van der Waals surface area contributed by atoms with Crippen LogP contribution >= 0.6 is 12.6 Å². The molecule has 0 saturated carbocycles. The van der Waals surface area contributed by atoms with Crippen LogP contribution < -0.4 is 10.6 Å². The molecule has 0 fully saturated rings. The van der Waals surface area contributed by atoms with E-state index in [1.165, 1.54) is 11.0 Å². The number of aryl methyl sites for hydroxylation is 2. The van der Waals surface area contributed by atoms with E-state index in [1.54, 1.807) is 59.7 Å². The average molecular weight is 516 g/mol. The van der Waals surface area contributed by atoms with E-state index in [0.29, 0.717) is 16.8 Å². The monoisotopic (exact) mass is 515 g/mol. The first kappa shape index (κ1) is 29.0. The molecule has 3 N–H and O–H groups in total. The summed E-state index contributed by atoms with van der Waals surface area (Å²) in [6.45, 7) is 12.4. The van der Waals surface area contributed by atoms with E-state index in [1.807, 2.05) is 25.1 Å². The maximum Gasteiger partial charge on any atom is 0.408 e. The number of para-hydroxylation sites is 1. The number of carbonyl (C=O) groups is 3. The first-order valence-corrected chi connectivity index (χ1v) is 12.5. The number of benzene rings is 2. The number of aromatic hydroxyl groups is 1. The Kier molecular flexibility index (Phi) is 9.81. The lowest BCUT2D eigenvalue weighted by Crippen LogP contribution is -2.55. The number of hydrogen-bond acceptors (Lipinski definition) is 6. The van der Waals surface area contributed by atoms with Crippen molar-refractivity contribution in [2.75, 3.05) is 11.1 Å². The molecule has 9 heteroatoms. The summed E-state index contributed by atoms with van der Waals surface area (Å²) in [6, 6.07) is 9.65. The van der Waals surface area contributed by atoms with Crippen LogP contribution in [0.4, 0.5) is 10.5 Å². The van der Waals surface area contributed by atoms with Crippen LogP contribution in [0.1, 0.15) is 57.4 Å². The quantitative estimate of drug-likeness (QED) is 0.380. The van der Waals surface area contributed by atoms with Gasteiger partial charge < -0.3 is 25.4 Å². The Hall–Kier alpha value is -3.20. The Morgan fingerprint density at radius 1 is 1.06 bits per heavy atom. The van der Waals surface area contributed by atoms with Crippen LogP contribution in [-0.4, -0.2) is 51.4 Å². The molecule has 0 heterocycles. The minimum Gasteiger partial charge on any atom is -0.508 e. The first-order valence-electron chi connectivity index (χ1n) is 11.8. The third-order valence-corrected chi connectivity index (χ3v) is 5.81. The fraction of sp³-hybridized carbons (Fsp3) is 0.444. The number of amides is 3. The van der Waals surface area contributed by atoms with E-state index in [2.05, 4.69) is 23.3 Å². The number of thiol groups is 1. The van der Waals surface area contributed by atoms with Gasteiger partial charge in [0.25, 0.3) is 5.91 Å². The molecule has 0 aliphatic rings. The molecule has 0 aromatic heterocycles. The fourth-order valence-corrected chi connectivity index (χ4v) is 3.94. The van der Waals surface area contributed by atoms with Crippen LogP contribution in [-0.2, 0) is 14.3 Å². The summed E-state index contributed by atoms with van der Waals surface area (Å²) in [7, 11) is 0. The van der Waals surface area contributed by atoms with E-state index in [9.17, 15) is 19.5 Å². The Balaban J connectivity index is 2.50. The zero-order chi connectivity index (χ0) is 27.2. The Bertz CT molecular complexity index is 1100. The number of nitrogens with zero attached hydrogens (tertiary/aromatic N) is 1. The van der Waals surface area contributed by atoms with Crippen LogP contribution in [0.15, 0.2) is 42.5 Å². The van der Waals surface area contributed by atoms with Crippen molar-refractivity contribution < 1.29 is 24.2 Å². The molecule has 2 rings (SSSR count). The highest BCUT2D eigenvalue weighted by atomic mass is 32.1. The Morgan fingerprint density at radius 2 is 1.69 bits per heavy atom. The summed E-state index contributed by atoms with van der Waals surface area (Å²) in [5, 5.41) is 15.6. The van der Waals surface area contributed by atoms with Crippen molar-refractivity contribution in [2.24, 2.45) is 0 Å². The van der Waals surface area contributed by atoms with Gasteiger partial charge in [0.15, 0.2) is 0 Å². The highest BCUT2D eigenvalue weighted by molar-refractivity contribution is 7.80. The molecular weight excluding hydrogens is 478 g/mol. The molecule has 196 valence electrons. The van der Waals surface area contributed by atoms with Crippen molar-refractivity contribution in [3.05, 3.63) is 59.2 Å². The standard InChI is InChI=1S/C27H37N3O5S/c1-16(2)30(25(33)21(15-36)29-26(34)35-27(5,6)7)23(19-12-13-22(31)18(4)14-19)24(32)28-20-11-9-8-10-17(20)3/h8-14,16,21,23,31,36H,15H2,1-7H3,(H,28,32)(H,29,34). The number of anilines is 1. The second-order valence-corrected chi connectivity index (χ2v) is 10.3. The van der Waals surface area contributed by atoms with Crippen molar-refractivity contribution in [2.45, 2.75) is 72.2 Å². The number of phenols is 1. The van der Waals surface area contributed by atoms with E-state index in [0.717, 1.165) is 5.56 Å². The van der Waals surface area contributed by atoms with E-state index in [-0.39, 0.29) is 11.5 Å². The van der Waals surface area contributed by atoms with E-state index >= 15 is 0 Å². The van der Waals surface area contributed by atoms with Gasteiger partial charge in [0.2, 0.25) is 5.91 Å². The predicted octanol–water partition coefficient (Wildman–Crippen LogP) is 4.75. The van der Waals surface area contributed by atoms with Gasteiger partial charge in [0.05, 0.1) is 0 Å². The molecule has 2 aromatic carbocycles. The molecule has 0 aliphatic carbocycles. The molecule has 0 saturated heterocycles. The van der Waals surface area contributed by atoms with Gasteiger partial charge in [0.1, 0.15) is 23.4 Å². The summed E-state index contributed by atoms with van der Waals surface area (Å²) >= 11 is 4.28. The molecule has 3 amide bonds. The number of ether oxygens (including phenoxy) is 1. The highest BCUT2D eigenvalue weighted by Gasteiger charge is 2.37. The van der Waals surface area contributed by atoms with Crippen molar-refractivity contribution >= 4 is 36.2 Å². The van der Waals surface area contributed by atoms with Gasteiger partial charge in [-0.1, -0.05) is 24.3 Å². The normalized spacial score (nSPS) is 13.0. The third kappa shape index (κ3) is 7.65. The molecule has 0 bridgehead atoms. The van der Waals surface area contributed by atoms with Gasteiger partial charge in [-0.25, -0.2) is 4.79 Å². The van der Waals surface area contributed by atoms with Gasteiger partial charge in [-0.3, -0.25) is 9.59 Å². The number of alkyl carbamates (subject to hydrolysis) is 1. The van der Waals surface area contributed by atoms with Gasteiger partial charge in [0, 0.05) is 17.5 Å². The van der Waals surface area contributed by atoms with E-state index in [4.69, 9.17) is 4.74 Å². The largest absolute Gasteiger partial charge is 0.508 e. The molecular formula is C27H37N3O5S. The van der Waals surface area contributed by atoms with Crippen LogP contribution in [0.25, 0.3) is 0 Å². The topological polar surface area (TPSA) is 108 Å². The molecule has 0 aliphatic heterocycles. The maximum atomic E-state index is 13.8. The lowest BCUT2D eigenvalue weighted by atomic mass is 9.99. The summed E-state index contributed by atoms with van der Waals surface area (Å²) in [5.74, 6) is -0.825. The second kappa shape index (κ2) is 12.2. The van der Waals surface area contributed by atoms with Crippen molar-refractivity contribution in [3.63, 3.8) is 0 Å². The van der Waals surface area contributed by atoms with Crippen molar-refractivity contribution in [1.29, 1.82) is 0 Å². The van der Waals surface area contributed by atoms with Crippen molar-refractivity contribution in [1.82, 2.24) is 10.2 Å². The lowest BCUT2D eigenvalue weighted by molar-refractivity contribution is -0.142. The lowest BCUT2D eigenvalue weighted by Gasteiger charge is -2.37. The summed E-state index contributed by atoms with van der Waals surface area (Å²) in [5.41, 5.74) is 1.83. The zero-order valence-corrected chi connectivity index (χ0v) is 22.8. The van der Waals surface area contributed by atoms with Crippen LogP contribution in [0.5, 0.6) is 5.75 Å². The SMILES string of the molecule is Cc1cc(C(C(=O)Nc2ccccc2C)N(C(=O)C(CS)NC(=O)OC(C)(C)C)C(C)C)ccc1O. The summed E-state index contributed by atoms with van der Waals surface area (Å²) in [6.07, 6.45) is -0.750. The van der Waals surface area contributed by atoms with Gasteiger partial charge in [-0.15, -0.1) is 0 Å². The molecule has 0 radical (unpaired) electrons. The van der Waals surface area contributed by atoms with E-state index < -0.39 is 41.6 Å². The maximum absolute atomic E-state index is 13.8. The predicted molar refractivity (Wildman–Crippen MR) is 144 cm³/mol. The average Bonchev–Trinajstić information content (AvgIpc) is 2.77. The zero-order valence-electron chi connectivity index (χ0n) is 22.0.